The molecule has 0 spiro atoms. The lowest BCUT2D eigenvalue weighted by Crippen LogP contribution is -2.43. The fraction of sp³-hybridized carbons (Fsp3) is 0.348. The van der Waals surface area contributed by atoms with Crippen LogP contribution in [0.15, 0.2) is 52.2 Å². The van der Waals surface area contributed by atoms with Gasteiger partial charge in [0.15, 0.2) is 0 Å². The van der Waals surface area contributed by atoms with Gasteiger partial charge in [0.2, 0.25) is 10.0 Å². The molecular weight excluding hydrogens is 435 g/mol. The van der Waals surface area contributed by atoms with Gasteiger partial charge in [0.25, 0.3) is 5.56 Å². The number of sulfonamides is 1. The van der Waals surface area contributed by atoms with Crippen molar-refractivity contribution in [3.8, 4) is 0 Å². The van der Waals surface area contributed by atoms with Crippen LogP contribution >= 0.6 is 0 Å². The zero-order chi connectivity index (χ0) is 22.9. The van der Waals surface area contributed by atoms with Crippen LogP contribution in [0.25, 0.3) is 10.9 Å². The second-order valence-corrected chi connectivity index (χ2v) is 9.85. The molecule has 1 N–H and O–H groups in total. The van der Waals surface area contributed by atoms with Gasteiger partial charge in [-0.2, -0.15) is 4.31 Å². The summed E-state index contributed by atoms with van der Waals surface area (Å²) in [5.74, 6) is -0.850. The Labute approximate surface area is 185 Å². The molecule has 1 aliphatic heterocycles. The first-order valence-electron chi connectivity index (χ1n) is 10.3. The van der Waals surface area contributed by atoms with Crippen molar-refractivity contribution in [3.05, 3.63) is 75.3 Å². The fourth-order valence-corrected chi connectivity index (χ4v) is 5.25. The van der Waals surface area contributed by atoms with Gasteiger partial charge in [-0.3, -0.25) is 4.79 Å². The van der Waals surface area contributed by atoms with Crippen LogP contribution in [0.3, 0.4) is 0 Å². The van der Waals surface area contributed by atoms with Crippen molar-refractivity contribution in [1.29, 1.82) is 0 Å². The summed E-state index contributed by atoms with van der Waals surface area (Å²) < 4.78 is 53.3. The van der Waals surface area contributed by atoms with E-state index in [9.17, 15) is 17.6 Å². The molecule has 0 bridgehead atoms. The number of hydrogen-bond donors (Lipinski definition) is 1. The van der Waals surface area contributed by atoms with E-state index in [-0.39, 0.29) is 25.3 Å². The molecule has 0 amide bonds. The number of H-pyrrole nitrogens is 1. The van der Waals surface area contributed by atoms with E-state index < -0.39 is 32.4 Å². The first-order chi connectivity index (χ1) is 15.3. The number of ether oxygens (including phenoxy) is 2. The molecule has 3 aromatic rings. The SMILES string of the molecule is Cc1cc2cc(CN(C[C@@H]3COCCO3)S(=O)(=O)c3ccccc3F)c(=O)[nH]c2cc1C. The molecule has 1 aliphatic rings. The van der Waals surface area contributed by atoms with Crippen LogP contribution in [-0.4, -0.2) is 50.2 Å². The summed E-state index contributed by atoms with van der Waals surface area (Å²) in [7, 11) is -4.24. The van der Waals surface area contributed by atoms with Crippen molar-refractivity contribution < 1.29 is 22.3 Å². The molecule has 0 unspecified atom stereocenters. The van der Waals surface area contributed by atoms with Gasteiger partial charge in [0, 0.05) is 24.2 Å². The molecule has 1 fully saturated rings. The van der Waals surface area contributed by atoms with Crippen LogP contribution < -0.4 is 5.56 Å². The second-order valence-electron chi connectivity index (χ2n) is 7.94. The van der Waals surface area contributed by atoms with Crippen LogP contribution in [0.1, 0.15) is 16.7 Å². The number of aromatic amines is 1. The minimum Gasteiger partial charge on any atom is -0.376 e. The Morgan fingerprint density at radius 2 is 1.88 bits per heavy atom. The Morgan fingerprint density at radius 3 is 2.59 bits per heavy atom. The van der Waals surface area contributed by atoms with Gasteiger partial charge < -0.3 is 14.5 Å². The molecule has 1 saturated heterocycles. The highest BCUT2D eigenvalue weighted by molar-refractivity contribution is 7.89. The van der Waals surface area contributed by atoms with E-state index in [1.807, 2.05) is 26.0 Å². The number of nitrogens with zero attached hydrogens (tertiary/aromatic N) is 1. The third kappa shape index (κ3) is 4.61. The van der Waals surface area contributed by atoms with E-state index in [4.69, 9.17) is 9.47 Å². The summed E-state index contributed by atoms with van der Waals surface area (Å²) in [5, 5.41) is 0.795. The molecule has 0 saturated carbocycles. The summed E-state index contributed by atoms with van der Waals surface area (Å²) in [6.07, 6.45) is -0.519. The summed E-state index contributed by atoms with van der Waals surface area (Å²) in [6, 6.07) is 10.7. The highest BCUT2D eigenvalue weighted by atomic mass is 32.2. The molecule has 7 nitrogen and oxygen atoms in total. The molecule has 0 aliphatic carbocycles. The summed E-state index contributed by atoms with van der Waals surface area (Å²) in [5.41, 5.74) is 2.64. The zero-order valence-corrected chi connectivity index (χ0v) is 18.7. The minimum absolute atomic E-state index is 0.0684. The average Bonchev–Trinajstić information content (AvgIpc) is 2.76. The fourth-order valence-electron chi connectivity index (χ4n) is 3.74. The average molecular weight is 461 g/mol. The molecule has 4 rings (SSSR count). The highest BCUT2D eigenvalue weighted by Crippen LogP contribution is 2.23. The first kappa shape index (κ1) is 22.6. The zero-order valence-electron chi connectivity index (χ0n) is 17.9. The highest BCUT2D eigenvalue weighted by Gasteiger charge is 2.31. The number of aryl methyl sites for hydroxylation is 2. The summed E-state index contributed by atoms with van der Waals surface area (Å²) >= 11 is 0. The van der Waals surface area contributed by atoms with Crippen LogP contribution in [0.5, 0.6) is 0 Å². The number of nitrogens with one attached hydrogen (secondary N) is 1. The van der Waals surface area contributed by atoms with Gasteiger partial charge in [-0.1, -0.05) is 12.1 Å². The third-order valence-corrected chi connectivity index (χ3v) is 7.47. The number of halogens is 1. The van der Waals surface area contributed by atoms with E-state index in [0.29, 0.717) is 18.7 Å². The van der Waals surface area contributed by atoms with Gasteiger partial charge in [-0.25, -0.2) is 12.8 Å². The van der Waals surface area contributed by atoms with Gasteiger partial charge in [0.05, 0.1) is 25.9 Å². The molecular formula is C23H25FN2O5S. The van der Waals surface area contributed by atoms with Crippen molar-refractivity contribution in [2.45, 2.75) is 31.4 Å². The molecule has 2 aromatic carbocycles. The Bertz CT molecular complexity index is 1300. The van der Waals surface area contributed by atoms with Crippen molar-refractivity contribution in [1.82, 2.24) is 9.29 Å². The van der Waals surface area contributed by atoms with E-state index >= 15 is 0 Å². The number of hydrogen-bond acceptors (Lipinski definition) is 5. The quantitative estimate of drug-likeness (QED) is 0.611. The second kappa shape index (κ2) is 9.11. The van der Waals surface area contributed by atoms with Crippen molar-refractivity contribution in [3.63, 3.8) is 0 Å². The first-order valence-corrected chi connectivity index (χ1v) is 11.8. The molecule has 1 aromatic heterocycles. The topological polar surface area (TPSA) is 88.7 Å². The van der Waals surface area contributed by atoms with Gasteiger partial charge in [-0.15, -0.1) is 0 Å². The predicted molar refractivity (Wildman–Crippen MR) is 119 cm³/mol. The maximum absolute atomic E-state index is 14.4. The molecule has 32 heavy (non-hydrogen) atoms. The smallest absolute Gasteiger partial charge is 0.252 e. The Kier molecular flexibility index (Phi) is 6.43. The van der Waals surface area contributed by atoms with Crippen molar-refractivity contribution >= 4 is 20.9 Å². The lowest BCUT2D eigenvalue weighted by Gasteiger charge is -2.29. The maximum atomic E-state index is 14.4. The third-order valence-electron chi connectivity index (χ3n) is 5.63. The number of aromatic nitrogens is 1. The van der Waals surface area contributed by atoms with E-state index in [0.717, 1.165) is 26.9 Å². The molecule has 9 heteroatoms. The summed E-state index contributed by atoms with van der Waals surface area (Å²) in [6.45, 7) is 4.61. The van der Waals surface area contributed by atoms with Crippen molar-refractivity contribution in [2.75, 3.05) is 26.4 Å². The predicted octanol–water partition coefficient (Wildman–Crippen LogP) is 2.89. The van der Waals surface area contributed by atoms with Gasteiger partial charge in [-0.05, 0) is 60.7 Å². The summed E-state index contributed by atoms with van der Waals surface area (Å²) in [4.78, 5) is 15.2. The molecule has 2 heterocycles. The maximum Gasteiger partial charge on any atom is 0.252 e. The number of pyridine rings is 1. The number of rotatable bonds is 6. The Hall–Kier alpha value is -2.59. The van der Waals surface area contributed by atoms with Gasteiger partial charge in [0.1, 0.15) is 10.7 Å². The minimum atomic E-state index is -4.24. The van der Waals surface area contributed by atoms with E-state index in [1.54, 1.807) is 6.07 Å². The largest absolute Gasteiger partial charge is 0.376 e. The number of benzene rings is 2. The van der Waals surface area contributed by atoms with Crippen LogP contribution in [0.4, 0.5) is 4.39 Å². The van der Waals surface area contributed by atoms with Crippen molar-refractivity contribution in [2.24, 2.45) is 0 Å². The van der Waals surface area contributed by atoms with Crippen LogP contribution in [-0.2, 0) is 26.0 Å². The standard InChI is InChI=1S/C23H25FN2O5S/c1-15-9-17-11-18(23(27)25-21(17)10-16(15)2)12-26(13-19-14-30-7-8-31-19)32(28,29)22-6-4-3-5-20(22)24/h3-6,9-11,19H,7-8,12-14H2,1-2H3,(H,25,27)/t19-/m1/s1. The van der Waals surface area contributed by atoms with E-state index in [1.165, 1.54) is 18.2 Å². The normalized spacial score (nSPS) is 17.2. The lowest BCUT2D eigenvalue weighted by atomic mass is 10.0. The monoisotopic (exact) mass is 460 g/mol. The van der Waals surface area contributed by atoms with E-state index in [2.05, 4.69) is 4.98 Å². The van der Waals surface area contributed by atoms with Gasteiger partial charge >= 0.3 is 0 Å². The van der Waals surface area contributed by atoms with Crippen LogP contribution in [0, 0.1) is 19.7 Å². The molecule has 170 valence electrons. The Balaban J connectivity index is 1.75. The molecule has 0 radical (unpaired) electrons. The number of fused-ring (bicyclic) bond motifs is 1. The van der Waals surface area contributed by atoms with Crippen LogP contribution in [0.2, 0.25) is 0 Å². The Morgan fingerprint density at radius 1 is 1.12 bits per heavy atom. The lowest BCUT2D eigenvalue weighted by molar-refractivity contribution is -0.0923. The molecule has 1 atom stereocenters.